The lowest BCUT2D eigenvalue weighted by Crippen LogP contribution is -2.44. The molecule has 8 heteroatoms. The zero-order valence-electron chi connectivity index (χ0n) is 29.9. The van der Waals surface area contributed by atoms with Gasteiger partial charge in [-0.25, -0.2) is 9.59 Å². The van der Waals surface area contributed by atoms with Crippen LogP contribution in [0, 0.1) is 61.2 Å². The minimum absolute atomic E-state index is 0.00709. The number of hydrogen-bond acceptors (Lipinski definition) is 6. The highest BCUT2D eigenvalue weighted by Gasteiger charge is 2.51. The summed E-state index contributed by atoms with van der Waals surface area (Å²) in [7, 11) is 1.40. The van der Waals surface area contributed by atoms with Crippen molar-refractivity contribution in [1.29, 1.82) is 0 Å². The summed E-state index contributed by atoms with van der Waals surface area (Å²) in [6.45, 7) is 12.0. The number of rotatable bonds is 0. The molecule has 2 aliphatic carbocycles. The van der Waals surface area contributed by atoms with E-state index in [0.717, 1.165) is 47.9 Å². The predicted molar refractivity (Wildman–Crippen MR) is 189 cm³/mol. The van der Waals surface area contributed by atoms with Crippen molar-refractivity contribution in [3.63, 3.8) is 0 Å². The number of amides is 2. The summed E-state index contributed by atoms with van der Waals surface area (Å²) in [6, 6.07) is 16.0. The molecule has 0 aromatic heterocycles. The van der Waals surface area contributed by atoms with Crippen LogP contribution in [0.3, 0.4) is 0 Å². The molecule has 2 heterocycles. The zero-order chi connectivity index (χ0) is 35.4. The summed E-state index contributed by atoms with van der Waals surface area (Å²) in [6.07, 6.45) is 4.66. The van der Waals surface area contributed by atoms with Gasteiger partial charge in [-0.15, -0.1) is 0 Å². The van der Waals surface area contributed by atoms with Gasteiger partial charge in [-0.05, 0) is 120 Å². The quantitative estimate of drug-likeness (QED) is 0.319. The Hall–Kier alpha value is -3.98. The van der Waals surface area contributed by atoms with E-state index >= 15 is 0 Å². The number of likely N-dealkylation sites (tertiary alicyclic amines) is 2. The van der Waals surface area contributed by atoms with E-state index in [2.05, 4.69) is 23.7 Å². The number of aliphatic hydroxyl groups is 2. The van der Waals surface area contributed by atoms with Crippen LogP contribution in [0.1, 0.15) is 81.5 Å². The topological polar surface area (TPSA) is 99.5 Å². The normalized spacial score (nSPS) is 28.7. The van der Waals surface area contributed by atoms with Crippen molar-refractivity contribution in [2.45, 2.75) is 89.9 Å². The van der Waals surface area contributed by atoms with Gasteiger partial charge in [-0.1, -0.05) is 47.9 Å². The first kappa shape index (κ1) is 36.3. The van der Waals surface area contributed by atoms with Crippen LogP contribution in [0.15, 0.2) is 48.5 Å². The van der Waals surface area contributed by atoms with Crippen molar-refractivity contribution in [3.05, 3.63) is 70.8 Å². The number of aryl methyl sites for hydroxylation is 2. The molecule has 0 radical (unpaired) electrons. The minimum atomic E-state index is -1.04. The van der Waals surface area contributed by atoms with Crippen LogP contribution in [0.2, 0.25) is 0 Å². The first-order valence-electron chi connectivity index (χ1n) is 17.6. The predicted octanol–water partition coefficient (Wildman–Crippen LogP) is 6.32. The van der Waals surface area contributed by atoms with Gasteiger partial charge in [-0.3, -0.25) is 0 Å². The van der Waals surface area contributed by atoms with Gasteiger partial charge in [0.25, 0.3) is 0 Å². The monoisotopic (exact) mass is 668 g/mol. The number of carbonyl (C=O) groups is 2. The Morgan fingerprint density at radius 3 is 1.61 bits per heavy atom. The van der Waals surface area contributed by atoms with Crippen LogP contribution < -0.4 is 0 Å². The van der Waals surface area contributed by atoms with Crippen molar-refractivity contribution in [2.75, 3.05) is 33.3 Å². The van der Waals surface area contributed by atoms with Gasteiger partial charge in [0, 0.05) is 49.1 Å². The van der Waals surface area contributed by atoms with E-state index in [0.29, 0.717) is 44.9 Å². The van der Waals surface area contributed by atoms with Crippen molar-refractivity contribution in [1.82, 2.24) is 9.80 Å². The summed E-state index contributed by atoms with van der Waals surface area (Å²) in [5, 5.41) is 22.3. The molecule has 2 N–H and O–H groups in total. The highest BCUT2D eigenvalue weighted by atomic mass is 16.6. The average Bonchev–Trinajstić information content (AvgIpc) is 3.70. The molecule has 6 rings (SSSR count). The molecule has 2 saturated carbocycles. The van der Waals surface area contributed by atoms with E-state index in [4.69, 9.17) is 9.47 Å². The fraction of sp³-hybridized carbons (Fsp3) is 0.561. The molecule has 262 valence electrons. The van der Waals surface area contributed by atoms with E-state index in [-0.39, 0.29) is 29.9 Å². The van der Waals surface area contributed by atoms with Gasteiger partial charge in [0.15, 0.2) is 0 Å². The Kier molecular flexibility index (Phi) is 11.0. The molecular weight excluding hydrogens is 616 g/mol. The zero-order valence-corrected chi connectivity index (χ0v) is 29.9. The van der Waals surface area contributed by atoms with Crippen LogP contribution >= 0.6 is 0 Å². The first-order valence-corrected chi connectivity index (χ1v) is 17.6. The molecular formula is C41H52N2O6. The van der Waals surface area contributed by atoms with Crippen LogP contribution in [-0.4, -0.2) is 82.3 Å². The lowest BCUT2D eigenvalue weighted by atomic mass is 9.71. The second-order valence-electron chi connectivity index (χ2n) is 15.4. The number of ether oxygens (including phenoxy) is 2. The summed E-state index contributed by atoms with van der Waals surface area (Å²) < 4.78 is 10.3. The molecule has 0 spiro atoms. The van der Waals surface area contributed by atoms with E-state index < -0.39 is 16.8 Å². The van der Waals surface area contributed by atoms with Gasteiger partial charge in [0.2, 0.25) is 0 Å². The van der Waals surface area contributed by atoms with E-state index in [9.17, 15) is 19.8 Å². The standard InChI is InChI=1S/C22H29NO3.C19H23NO3/c1-16-7-5-8-17(13-16)10-12-22(25)11-6-9-18-14-23(15-19(18)22)20(24)26-21(2,3)4;1-14-5-3-6-15(11-14)8-10-19(22)9-4-7-16-12-20(13-17(16)19)18(21)23-2/h5,7-8,13,18-19,25H,6,9,11,14-15H2,1-4H3;3,5-6,11,16-17,22H,4,7,9,12-13H2,1-2H3. The van der Waals surface area contributed by atoms with E-state index in [1.165, 1.54) is 7.11 Å². The molecule has 49 heavy (non-hydrogen) atoms. The third-order valence-corrected chi connectivity index (χ3v) is 10.3. The Morgan fingerprint density at radius 2 is 1.20 bits per heavy atom. The largest absolute Gasteiger partial charge is 0.453 e. The average molecular weight is 669 g/mol. The maximum atomic E-state index is 12.4. The number of nitrogens with zero attached hydrogens (tertiary/aromatic N) is 2. The highest BCUT2D eigenvalue weighted by molar-refractivity contribution is 5.69. The molecule has 2 aromatic rings. The molecule has 2 aromatic carbocycles. The summed E-state index contributed by atoms with van der Waals surface area (Å²) in [5.74, 6) is 13.1. The molecule has 0 bridgehead atoms. The second-order valence-corrected chi connectivity index (χ2v) is 15.4. The first-order chi connectivity index (χ1) is 23.2. The lowest BCUT2D eigenvalue weighted by molar-refractivity contribution is -0.00928. The third kappa shape index (κ3) is 8.98. The molecule has 2 saturated heterocycles. The Labute approximate surface area is 292 Å². The number of carbonyl (C=O) groups excluding carboxylic acids is 2. The summed E-state index contributed by atoms with van der Waals surface area (Å²) in [4.78, 5) is 27.6. The van der Waals surface area contributed by atoms with Crippen molar-refractivity contribution >= 4 is 12.2 Å². The maximum Gasteiger partial charge on any atom is 0.410 e. The van der Waals surface area contributed by atoms with Gasteiger partial charge >= 0.3 is 12.2 Å². The number of hydrogen-bond donors (Lipinski definition) is 2. The SMILES string of the molecule is COC(=O)N1CC2CCCC(O)(C#Cc3cccc(C)c3)C2C1.Cc1cccc(C#CC2(O)CCCC3CN(C(=O)OC(C)(C)C)CC32)c1. The molecule has 2 amide bonds. The fourth-order valence-corrected chi connectivity index (χ4v) is 7.92. The molecule has 4 aliphatic rings. The fourth-order valence-electron chi connectivity index (χ4n) is 7.92. The minimum Gasteiger partial charge on any atom is -0.453 e. The Balaban J connectivity index is 0.000000192. The van der Waals surface area contributed by atoms with Crippen molar-refractivity contribution in [3.8, 4) is 23.7 Å². The molecule has 6 atom stereocenters. The molecule has 8 nitrogen and oxygen atoms in total. The summed E-state index contributed by atoms with van der Waals surface area (Å²) >= 11 is 0. The van der Waals surface area contributed by atoms with E-state index in [1.807, 2.05) is 83.1 Å². The van der Waals surface area contributed by atoms with E-state index in [1.54, 1.807) is 9.80 Å². The molecule has 6 unspecified atom stereocenters. The molecule has 4 fully saturated rings. The third-order valence-electron chi connectivity index (χ3n) is 10.3. The van der Waals surface area contributed by atoms with Crippen LogP contribution in [0.4, 0.5) is 9.59 Å². The van der Waals surface area contributed by atoms with Gasteiger partial charge in [0.1, 0.15) is 16.8 Å². The van der Waals surface area contributed by atoms with Crippen LogP contribution in [-0.2, 0) is 9.47 Å². The maximum absolute atomic E-state index is 12.4. The van der Waals surface area contributed by atoms with Gasteiger partial charge in [-0.2, -0.15) is 0 Å². The number of methoxy groups -OCH3 is 1. The van der Waals surface area contributed by atoms with Crippen molar-refractivity contribution < 1.29 is 29.3 Å². The van der Waals surface area contributed by atoms with Crippen LogP contribution in [0.5, 0.6) is 0 Å². The lowest BCUT2D eigenvalue weighted by Gasteiger charge is -2.37. The van der Waals surface area contributed by atoms with Gasteiger partial charge < -0.3 is 29.5 Å². The highest BCUT2D eigenvalue weighted by Crippen LogP contribution is 2.44. The second kappa shape index (κ2) is 14.9. The molecule has 2 aliphatic heterocycles. The smallest absolute Gasteiger partial charge is 0.410 e. The van der Waals surface area contributed by atoms with Crippen molar-refractivity contribution in [2.24, 2.45) is 23.7 Å². The van der Waals surface area contributed by atoms with Crippen LogP contribution in [0.25, 0.3) is 0 Å². The van der Waals surface area contributed by atoms with Gasteiger partial charge in [0.05, 0.1) is 7.11 Å². The summed E-state index contributed by atoms with van der Waals surface area (Å²) in [5.41, 5.74) is 1.58. The Bertz CT molecular complexity index is 1640. The number of fused-ring (bicyclic) bond motifs is 2. The Morgan fingerprint density at radius 1 is 0.755 bits per heavy atom. The number of benzene rings is 2.